The van der Waals surface area contributed by atoms with Crippen LogP contribution in [0.1, 0.15) is 33.1 Å². The number of nitrogens with one attached hydrogen (secondary N) is 1. The van der Waals surface area contributed by atoms with Gasteiger partial charge in [-0.2, -0.15) is 0 Å². The fourth-order valence-electron chi connectivity index (χ4n) is 2.05. The van der Waals surface area contributed by atoms with E-state index >= 15 is 0 Å². The second-order valence-electron chi connectivity index (χ2n) is 5.24. The molecule has 0 aromatic rings. The van der Waals surface area contributed by atoms with E-state index in [2.05, 4.69) is 19.2 Å². The van der Waals surface area contributed by atoms with E-state index < -0.39 is 0 Å². The molecule has 1 fully saturated rings. The van der Waals surface area contributed by atoms with E-state index in [0.29, 0.717) is 11.3 Å². The molecule has 0 aromatic heterocycles. The van der Waals surface area contributed by atoms with E-state index in [0.717, 1.165) is 39.3 Å². The first-order valence-corrected chi connectivity index (χ1v) is 6.15. The average molecular weight is 214 g/mol. The fourth-order valence-corrected chi connectivity index (χ4v) is 2.05. The van der Waals surface area contributed by atoms with Gasteiger partial charge in [-0.05, 0) is 43.7 Å². The summed E-state index contributed by atoms with van der Waals surface area (Å²) in [6, 6.07) is 0. The third kappa shape index (κ3) is 4.96. The average Bonchev–Trinajstić information content (AvgIpc) is 2.19. The highest BCUT2D eigenvalue weighted by molar-refractivity contribution is 4.79. The summed E-state index contributed by atoms with van der Waals surface area (Å²) in [7, 11) is 0. The van der Waals surface area contributed by atoms with Gasteiger partial charge in [-0.25, -0.2) is 0 Å². The number of rotatable bonds is 6. The molecular formula is C12H26N2O. The van der Waals surface area contributed by atoms with E-state index in [9.17, 15) is 0 Å². The molecule has 0 amide bonds. The van der Waals surface area contributed by atoms with Crippen molar-refractivity contribution in [2.24, 2.45) is 17.1 Å². The molecule has 0 spiro atoms. The predicted octanol–water partition coefficient (Wildman–Crippen LogP) is 1.38. The SMILES string of the molecule is CC(CCN)CNCC1(C)CCOCC1. The minimum atomic E-state index is 0.445. The highest BCUT2D eigenvalue weighted by Crippen LogP contribution is 2.28. The van der Waals surface area contributed by atoms with Gasteiger partial charge in [0.1, 0.15) is 0 Å². The molecule has 1 heterocycles. The van der Waals surface area contributed by atoms with E-state index in [1.165, 1.54) is 12.8 Å². The Morgan fingerprint density at radius 3 is 2.67 bits per heavy atom. The van der Waals surface area contributed by atoms with E-state index in [1.54, 1.807) is 0 Å². The van der Waals surface area contributed by atoms with Crippen LogP contribution in [0.3, 0.4) is 0 Å². The molecule has 1 unspecified atom stereocenters. The van der Waals surface area contributed by atoms with Crippen molar-refractivity contribution >= 4 is 0 Å². The summed E-state index contributed by atoms with van der Waals surface area (Å²) in [6.45, 7) is 9.47. The minimum absolute atomic E-state index is 0.445. The lowest BCUT2D eigenvalue weighted by molar-refractivity contribution is 0.0238. The number of nitrogens with two attached hydrogens (primary N) is 1. The van der Waals surface area contributed by atoms with Crippen molar-refractivity contribution in [2.45, 2.75) is 33.1 Å². The molecule has 1 rings (SSSR count). The van der Waals surface area contributed by atoms with Crippen molar-refractivity contribution in [2.75, 3.05) is 32.8 Å². The number of ether oxygens (including phenoxy) is 1. The van der Waals surface area contributed by atoms with E-state index in [-0.39, 0.29) is 0 Å². The van der Waals surface area contributed by atoms with Gasteiger partial charge < -0.3 is 15.8 Å². The number of hydrogen-bond acceptors (Lipinski definition) is 3. The Balaban J connectivity index is 2.12. The third-order valence-corrected chi connectivity index (χ3v) is 3.40. The van der Waals surface area contributed by atoms with Crippen LogP contribution in [0.15, 0.2) is 0 Å². The normalized spacial score (nSPS) is 22.6. The lowest BCUT2D eigenvalue weighted by atomic mass is 9.82. The Kier molecular flexibility index (Phi) is 5.58. The third-order valence-electron chi connectivity index (χ3n) is 3.40. The molecule has 15 heavy (non-hydrogen) atoms. The quantitative estimate of drug-likeness (QED) is 0.702. The summed E-state index contributed by atoms with van der Waals surface area (Å²) in [5.74, 6) is 0.693. The molecule has 3 N–H and O–H groups in total. The Morgan fingerprint density at radius 1 is 1.40 bits per heavy atom. The van der Waals surface area contributed by atoms with Crippen molar-refractivity contribution in [3.8, 4) is 0 Å². The zero-order chi connectivity index (χ0) is 11.1. The van der Waals surface area contributed by atoms with Gasteiger partial charge in [0.05, 0.1) is 0 Å². The van der Waals surface area contributed by atoms with Crippen LogP contribution in [0.4, 0.5) is 0 Å². The zero-order valence-electron chi connectivity index (χ0n) is 10.2. The Labute approximate surface area is 93.8 Å². The molecule has 0 saturated carbocycles. The van der Waals surface area contributed by atoms with E-state index in [4.69, 9.17) is 10.5 Å². The van der Waals surface area contributed by atoms with Crippen molar-refractivity contribution in [1.82, 2.24) is 5.32 Å². The molecule has 1 aliphatic heterocycles. The van der Waals surface area contributed by atoms with Gasteiger partial charge in [0.25, 0.3) is 0 Å². The van der Waals surface area contributed by atoms with Crippen LogP contribution >= 0.6 is 0 Å². The molecule has 3 heteroatoms. The zero-order valence-corrected chi connectivity index (χ0v) is 10.2. The topological polar surface area (TPSA) is 47.3 Å². The largest absolute Gasteiger partial charge is 0.381 e. The molecule has 0 aliphatic carbocycles. The van der Waals surface area contributed by atoms with Crippen molar-refractivity contribution in [1.29, 1.82) is 0 Å². The lowest BCUT2D eigenvalue weighted by Crippen LogP contribution is -2.38. The molecule has 3 nitrogen and oxygen atoms in total. The molecule has 0 radical (unpaired) electrons. The minimum Gasteiger partial charge on any atom is -0.381 e. The Morgan fingerprint density at radius 2 is 2.07 bits per heavy atom. The number of hydrogen-bond donors (Lipinski definition) is 2. The first-order valence-electron chi connectivity index (χ1n) is 6.15. The van der Waals surface area contributed by atoms with Crippen molar-refractivity contribution < 1.29 is 4.74 Å². The summed E-state index contributed by atoms with van der Waals surface area (Å²) >= 11 is 0. The van der Waals surface area contributed by atoms with Gasteiger partial charge in [0, 0.05) is 19.8 Å². The first kappa shape index (κ1) is 12.9. The van der Waals surface area contributed by atoms with Crippen molar-refractivity contribution in [3.05, 3.63) is 0 Å². The molecule has 0 bridgehead atoms. The van der Waals surface area contributed by atoms with Gasteiger partial charge in [0.15, 0.2) is 0 Å². The molecule has 1 aliphatic rings. The van der Waals surface area contributed by atoms with Crippen LogP contribution in [0.2, 0.25) is 0 Å². The lowest BCUT2D eigenvalue weighted by Gasteiger charge is -2.34. The van der Waals surface area contributed by atoms with Gasteiger partial charge in [0.2, 0.25) is 0 Å². The van der Waals surface area contributed by atoms with Gasteiger partial charge in [-0.3, -0.25) is 0 Å². The highest BCUT2D eigenvalue weighted by atomic mass is 16.5. The van der Waals surface area contributed by atoms with Crippen LogP contribution in [0, 0.1) is 11.3 Å². The van der Waals surface area contributed by atoms with Crippen molar-refractivity contribution in [3.63, 3.8) is 0 Å². The second kappa shape index (κ2) is 6.46. The van der Waals surface area contributed by atoms with Gasteiger partial charge in [-0.15, -0.1) is 0 Å². The molecule has 0 aromatic carbocycles. The van der Waals surface area contributed by atoms with Gasteiger partial charge in [-0.1, -0.05) is 13.8 Å². The summed E-state index contributed by atoms with van der Waals surface area (Å²) in [5.41, 5.74) is 5.97. The maximum absolute atomic E-state index is 5.53. The Bertz CT molecular complexity index is 167. The summed E-state index contributed by atoms with van der Waals surface area (Å²) in [4.78, 5) is 0. The van der Waals surface area contributed by atoms with Crippen LogP contribution in [0.5, 0.6) is 0 Å². The standard InChI is InChI=1S/C12H26N2O/c1-11(3-6-13)9-14-10-12(2)4-7-15-8-5-12/h11,14H,3-10,13H2,1-2H3. The fraction of sp³-hybridized carbons (Fsp3) is 1.00. The highest BCUT2D eigenvalue weighted by Gasteiger charge is 2.26. The first-order chi connectivity index (χ1) is 7.16. The van der Waals surface area contributed by atoms with Gasteiger partial charge >= 0.3 is 0 Å². The maximum Gasteiger partial charge on any atom is 0.0471 e. The molecule has 1 atom stereocenters. The maximum atomic E-state index is 5.53. The van der Waals surface area contributed by atoms with Crippen LogP contribution in [-0.4, -0.2) is 32.8 Å². The molecule has 1 saturated heterocycles. The second-order valence-corrected chi connectivity index (χ2v) is 5.24. The predicted molar refractivity (Wildman–Crippen MR) is 63.9 cm³/mol. The Hall–Kier alpha value is -0.120. The summed E-state index contributed by atoms with van der Waals surface area (Å²) in [6.07, 6.45) is 3.49. The molecular weight excluding hydrogens is 188 g/mol. The monoisotopic (exact) mass is 214 g/mol. The summed E-state index contributed by atoms with van der Waals surface area (Å²) in [5, 5.41) is 3.57. The smallest absolute Gasteiger partial charge is 0.0471 e. The molecule has 90 valence electrons. The van der Waals surface area contributed by atoms with Crippen LogP contribution < -0.4 is 11.1 Å². The van der Waals surface area contributed by atoms with Crippen LogP contribution in [0.25, 0.3) is 0 Å². The van der Waals surface area contributed by atoms with E-state index in [1.807, 2.05) is 0 Å². The van der Waals surface area contributed by atoms with Crippen LogP contribution in [-0.2, 0) is 4.74 Å². The summed E-state index contributed by atoms with van der Waals surface area (Å²) < 4.78 is 5.39.